The van der Waals surface area contributed by atoms with Crippen molar-refractivity contribution in [1.82, 2.24) is 4.98 Å². The Morgan fingerprint density at radius 2 is 1.84 bits per heavy atom. The average molecular weight is 444 g/mol. The van der Waals surface area contributed by atoms with Gasteiger partial charge in [0.15, 0.2) is 11.5 Å². The molecule has 32 heavy (non-hydrogen) atoms. The molecule has 0 atom stereocenters. The third kappa shape index (κ3) is 5.34. The normalized spacial score (nSPS) is 11.0. The summed E-state index contributed by atoms with van der Waals surface area (Å²) in [7, 11) is 1.64. The zero-order chi connectivity index (χ0) is 22.3. The summed E-state index contributed by atoms with van der Waals surface area (Å²) in [6.45, 7) is 4.67. The smallest absolute Gasteiger partial charge is 0.203 e. The molecule has 3 aromatic carbocycles. The minimum atomic E-state index is 0.493. The van der Waals surface area contributed by atoms with Crippen LogP contribution in [0.4, 0.5) is 5.13 Å². The second-order valence-electron chi connectivity index (χ2n) is 7.40. The molecule has 0 radical (unpaired) electrons. The number of rotatable bonds is 8. The summed E-state index contributed by atoms with van der Waals surface area (Å²) >= 11 is 1.52. The van der Waals surface area contributed by atoms with Crippen LogP contribution in [0.15, 0.2) is 77.2 Å². The first-order chi connectivity index (χ1) is 15.6. The Bertz CT molecular complexity index is 1220. The number of nitrogens with zero attached hydrogens (tertiary/aromatic N) is 2. The lowest BCUT2D eigenvalue weighted by Crippen LogP contribution is -2.00. The second-order valence-corrected chi connectivity index (χ2v) is 8.26. The van der Waals surface area contributed by atoms with E-state index in [-0.39, 0.29) is 0 Å². The van der Waals surface area contributed by atoms with Gasteiger partial charge in [0.25, 0.3) is 0 Å². The number of hydrogen-bond acceptors (Lipinski definition) is 6. The molecule has 0 saturated heterocycles. The van der Waals surface area contributed by atoms with Gasteiger partial charge < -0.3 is 9.47 Å². The van der Waals surface area contributed by atoms with E-state index in [2.05, 4.69) is 47.6 Å². The molecule has 4 rings (SSSR count). The monoisotopic (exact) mass is 443 g/mol. The molecule has 6 heteroatoms. The third-order valence-corrected chi connectivity index (χ3v) is 5.77. The Balaban J connectivity index is 1.40. The highest BCUT2D eigenvalue weighted by Gasteiger charge is 2.07. The maximum absolute atomic E-state index is 6.03. The SMILES string of the molecule is COc1cc(/C=N\Nc2nc(-c3ccccc3)cs2)ccc1OCc1cc(C)ccc1C. The van der Waals surface area contributed by atoms with Crippen LogP contribution in [0.1, 0.15) is 22.3 Å². The fraction of sp³-hybridized carbons (Fsp3) is 0.154. The van der Waals surface area contributed by atoms with E-state index in [4.69, 9.17) is 9.47 Å². The van der Waals surface area contributed by atoms with Gasteiger partial charge in [-0.2, -0.15) is 5.10 Å². The summed E-state index contributed by atoms with van der Waals surface area (Å²) in [5.41, 5.74) is 9.51. The predicted octanol–water partition coefficient (Wildman–Crippen LogP) is 6.46. The first-order valence-corrected chi connectivity index (χ1v) is 11.2. The number of aromatic nitrogens is 1. The number of benzene rings is 3. The van der Waals surface area contributed by atoms with Crippen molar-refractivity contribution in [2.45, 2.75) is 20.5 Å². The Morgan fingerprint density at radius 1 is 1.00 bits per heavy atom. The molecular formula is C26H25N3O2S. The van der Waals surface area contributed by atoms with E-state index < -0.39 is 0 Å². The minimum Gasteiger partial charge on any atom is -0.493 e. The first-order valence-electron chi connectivity index (χ1n) is 10.3. The topological polar surface area (TPSA) is 55.7 Å². The molecule has 5 nitrogen and oxygen atoms in total. The Morgan fingerprint density at radius 3 is 2.66 bits per heavy atom. The number of hydrogen-bond donors (Lipinski definition) is 1. The van der Waals surface area contributed by atoms with Crippen molar-refractivity contribution in [3.63, 3.8) is 0 Å². The van der Waals surface area contributed by atoms with Crippen molar-refractivity contribution in [2.24, 2.45) is 5.10 Å². The van der Waals surface area contributed by atoms with Gasteiger partial charge >= 0.3 is 0 Å². The van der Waals surface area contributed by atoms with Gasteiger partial charge in [0, 0.05) is 10.9 Å². The Labute approximate surface area is 192 Å². The molecule has 0 unspecified atom stereocenters. The van der Waals surface area contributed by atoms with Crippen LogP contribution >= 0.6 is 11.3 Å². The van der Waals surface area contributed by atoms with E-state index in [0.717, 1.165) is 22.0 Å². The van der Waals surface area contributed by atoms with Crippen LogP contribution in [0.3, 0.4) is 0 Å². The van der Waals surface area contributed by atoms with E-state index in [9.17, 15) is 0 Å². The van der Waals surface area contributed by atoms with Crippen LogP contribution in [0.5, 0.6) is 11.5 Å². The Hall–Kier alpha value is -3.64. The molecular weight excluding hydrogens is 418 g/mol. The molecule has 0 bridgehead atoms. The number of anilines is 1. The molecule has 1 heterocycles. The highest BCUT2D eigenvalue weighted by atomic mass is 32.1. The maximum Gasteiger partial charge on any atom is 0.203 e. The van der Waals surface area contributed by atoms with E-state index in [0.29, 0.717) is 18.1 Å². The zero-order valence-corrected chi connectivity index (χ0v) is 19.1. The zero-order valence-electron chi connectivity index (χ0n) is 18.3. The van der Waals surface area contributed by atoms with E-state index in [1.807, 2.05) is 53.9 Å². The largest absolute Gasteiger partial charge is 0.493 e. The van der Waals surface area contributed by atoms with Crippen LogP contribution in [-0.4, -0.2) is 18.3 Å². The summed E-state index contributed by atoms with van der Waals surface area (Å²) < 4.78 is 11.6. The fourth-order valence-electron chi connectivity index (χ4n) is 3.22. The number of ether oxygens (including phenoxy) is 2. The van der Waals surface area contributed by atoms with Crippen LogP contribution in [-0.2, 0) is 6.61 Å². The minimum absolute atomic E-state index is 0.493. The van der Waals surface area contributed by atoms with Gasteiger partial charge in [-0.15, -0.1) is 11.3 Å². The molecule has 0 spiro atoms. The summed E-state index contributed by atoms with van der Waals surface area (Å²) in [6.07, 6.45) is 1.74. The molecule has 0 aliphatic carbocycles. The van der Waals surface area contributed by atoms with Crippen LogP contribution in [0.2, 0.25) is 0 Å². The van der Waals surface area contributed by atoms with Crippen LogP contribution < -0.4 is 14.9 Å². The van der Waals surface area contributed by atoms with Crippen molar-refractivity contribution in [3.05, 3.63) is 94.4 Å². The highest BCUT2D eigenvalue weighted by molar-refractivity contribution is 7.14. The lowest BCUT2D eigenvalue weighted by atomic mass is 10.1. The van der Waals surface area contributed by atoms with Crippen LogP contribution in [0, 0.1) is 13.8 Å². The molecule has 0 amide bonds. The third-order valence-electron chi connectivity index (χ3n) is 5.02. The van der Waals surface area contributed by atoms with Gasteiger partial charge in [-0.25, -0.2) is 4.98 Å². The van der Waals surface area contributed by atoms with Crippen molar-refractivity contribution in [2.75, 3.05) is 12.5 Å². The fourth-order valence-corrected chi connectivity index (χ4v) is 3.89. The number of nitrogens with one attached hydrogen (secondary N) is 1. The standard InChI is InChI=1S/C26H25N3O2S/c1-18-9-10-19(2)22(13-18)16-31-24-12-11-20(14-25(24)30-3)15-27-29-26-28-23(17-32-26)21-7-5-4-6-8-21/h4-15,17H,16H2,1-3H3,(H,28,29)/b27-15-. The van der Waals surface area contributed by atoms with Crippen LogP contribution in [0.25, 0.3) is 11.3 Å². The van der Waals surface area contributed by atoms with Gasteiger partial charge in [-0.3, -0.25) is 5.43 Å². The average Bonchev–Trinajstić information content (AvgIpc) is 3.29. The molecule has 1 N–H and O–H groups in total. The maximum atomic E-state index is 6.03. The highest BCUT2D eigenvalue weighted by Crippen LogP contribution is 2.29. The van der Waals surface area contributed by atoms with Crippen molar-refractivity contribution in [3.8, 4) is 22.8 Å². The van der Waals surface area contributed by atoms with E-state index >= 15 is 0 Å². The van der Waals surface area contributed by atoms with Gasteiger partial charge in [0.1, 0.15) is 6.61 Å². The number of thiazole rings is 1. The van der Waals surface area contributed by atoms with Gasteiger partial charge in [0.05, 0.1) is 19.0 Å². The van der Waals surface area contributed by atoms with Gasteiger partial charge in [-0.1, -0.05) is 54.1 Å². The molecule has 162 valence electrons. The number of aryl methyl sites for hydroxylation is 2. The molecule has 0 aliphatic heterocycles. The molecule has 0 aliphatic rings. The van der Waals surface area contributed by atoms with E-state index in [1.165, 1.54) is 28.0 Å². The van der Waals surface area contributed by atoms with Crippen molar-refractivity contribution >= 4 is 22.7 Å². The van der Waals surface area contributed by atoms with E-state index in [1.54, 1.807) is 13.3 Å². The lowest BCUT2D eigenvalue weighted by molar-refractivity contribution is 0.284. The summed E-state index contributed by atoms with van der Waals surface area (Å²) in [5.74, 6) is 1.37. The van der Waals surface area contributed by atoms with Crippen molar-refractivity contribution in [1.29, 1.82) is 0 Å². The number of methoxy groups -OCH3 is 1. The molecule has 4 aromatic rings. The lowest BCUT2D eigenvalue weighted by Gasteiger charge is -2.13. The summed E-state index contributed by atoms with van der Waals surface area (Å²) in [4.78, 5) is 4.57. The summed E-state index contributed by atoms with van der Waals surface area (Å²) in [5, 5.41) is 7.06. The number of hydrazone groups is 1. The predicted molar refractivity (Wildman–Crippen MR) is 132 cm³/mol. The second kappa shape index (κ2) is 10.1. The first kappa shape index (κ1) is 21.6. The van der Waals surface area contributed by atoms with Gasteiger partial charge in [-0.05, 0) is 48.7 Å². The molecule has 0 fully saturated rings. The summed E-state index contributed by atoms with van der Waals surface area (Å²) in [6, 6.07) is 22.2. The molecule has 1 aromatic heterocycles. The quantitative estimate of drug-likeness (QED) is 0.251. The Kier molecular flexibility index (Phi) is 6.82. The van der Waals surface area contributed by atoms with Gasteiger partial charge in [0.2, 0.25) is 5.13 Å². The van der Waals surface area contributed by atoms with Crippen molar-refractivity contribution < 1.29 is 9.47 Å². The molecule has 0 saturated carbocycles.